The number of unbranched alkanes of at least 4 members (excludes halogenated alkanes) is 7. The Morgan fingerprint density at radius 2 is 1.41 bits per heavy atom. The largest absolute Gasteiger partial charge is 0.375 e. The normalized spacial score (nSPS) is 13.6. The number of methoxy groups -OCH3 is 1. The molecule has 0 saturated carbocycles. The highest BCUT2D eigenvalue weighted by atomic mass is 16.5. The zero-order chi connectivity index (χ0) is 43.1. The van der Waals surface area contributed by atoms with Gasteiger partial charge in [0.2, 0.25) is 11.8 Å². The van der Waals surface area contributed by atoms with E-state index in [1.165, 1.54) is 80.7 Å². The third-order valence-corrected chi connectivity index (χ3v) is 10.4. The third-order valence-electron chi connectivity index (χ3n) is 10.4. The molecular weight excluding hydrogens is 723 g/mol. The molecule has 2 atom stereocenters. The Hall–Kier alpha value is -3.76. The fourth-order valence-electron chi connectivity index (χ4n) is 6.47. The maximum atomic E-state index is 12.1. The number of aromatic nitrogens is 4. The molecule has 0 bridgehead atoms. The first-order chi connectivity index (χ1) is 28.1. The summed E-state index contributed by atoms with van der Waals surface area (Å²) in [5.41, 5.74) is 4.81. The van der Waals surface area contributed by atoms with E-state index in [1.807, 2.05) is 47.4 Å². The van der Waals surface area contributed by atoms with Crippen LogP contribution in [-0.2, 0) is 20.9 Å². The van der Waals surface area contributed by atoms with E-state index in [0.29, 0.717) is 18.5 Å². The van der Waals surface area contributed by atoms with Crippen LogP contribution < -0.4 is 10.6 Å². The second kappa shape index (κ2) is 32.1. The van der Waals surface area contributed by atoms with Crippen LogP contribution in [0.4, 0.5) is 0 Å². The molecule has 2 N–H and O–H groups in total. The highest BCUT2D eigenvalue weighted by molar-refractivity contribution is 5.85. The van der Waals surface area contributed by atoms with Gasteiger partial charge in [-0.25, -0.2) is 0 Å². The number of nitrogens with zero attached hydrogens (tertiary/aromatic N) is 5. The molecule has 1 saturated heterocycles. The van der Waals surface area contributed by atoms with Gasteiger partial charge in [0, 0.05) is 77.6 Å². The lowest BCUT2D eigenvalue weighted by Crippen LogP contribution is -2.31. The Morgan fingerprint density at radius 3 is 1.98 bits per heavy atom. The van der Waals surface area contributed by atoms with Crippen molar-refractivity contribution in [1.82, 2.24) is 34.6 Å². The van der Waals surface area contributed by atoms with E-state index in [4.69, 9.17) is 4.74 Å². The van der Waals surface area contributed by atoms with Crippen molar-refractivity contribution in [3.05, 3.63) is 60.4 Å². The summed E-state index contributed by atoms with van der Waals surface area (Å²) in [5.74, 6) is 0.670. The van der Waals surface area contributed by atoms with Gasteiger partial charge in [-0.2, -0.15) is 0 Å². The minimum atomic E-state index is 0. The van der Waals surface area contributed by atoms with E-state index in [9.17, 15) is 9.59 Å². The summed E-state index contributed by atoms with van der Waals surface area (Å²) in [7, 11) is 3.56. The molecule has 4 aromatic heterocycles. The topological polar surface area (TPSA) is 106 Å². The number of hydrogen-bond donors (Lipinski definition) is 2. The number of pyridine rings is 2. The number of carbonyl (C=O) groups is 2. The van der Waals surface area contributed by atoms with Crippen molar-refractivity contribution >= 4 is 33.6 Å². The van der Waals surface area contributed by atoms with Crippen LogP contribution in [0.1, 0.15) is 165 Å². The minimum Gasteiger partial charge on any atom is -0.375 e. The van der Waals surface area contributed by atoms with Crippen molar-refractivity contribution in [3.63, 3.8) is 0 Å². The van der Waals surface area contributed by atoms with Crippen LogP contribution in [0, 0.1) is 6.92 Å². The van der Waals surface area contributed by atoms with E-state index >= 15 is 0 Å². The summed E-state index contributed by atoms with van der Waals surface area (Å²) in [4.78, 5) is 34.5. The van der Waals surface area contributed by atoms with Crippen molar-refractivity contribution < 1.29 is 17.2 Å². The van der Waals surface area contributed by atoms with E-state index in [-0.39, 0.29) is 21.3 Å². The summed E-state index contributed by atoms with van der Waals surface area (Å²) in [6.07, 6.45) is 27.7. The van der Waals surface area contributed by atoms with Crippen LogP contribution >= 0.6 is 0 Å². The highest BCUT2D eigenvalue weighted by Crippen LogP contribution is 2.33. The lowest BCUT2D eigenvalue weighted by molar-refractivity contribution is -0.134. The average molecular weight is 810 g/mol. The summed E-state index contributed by atoms with van der Waals surface area (Å²) in [6, 6.07) is 4.38. The lowest BCUT2D eigenvalue weighted by Gasteiger charge is -2.17. The fraction of sp³-hybridized carbons (Fsp3) is 0.667. The molecule has 5 heterocycles. The Kier molecular flexibility index (Phi) is 29.0. The van der Waals surface area contributed by atoms with Crippen molar-refractivity contribution in [3.8, 4) is 0 Å². The number of amides is 2. The van der Waals surface area contributed by atoms with Crippen molar-refractivity contribution in [1.29, 1.82) is 0 Å². The molecule has 5 rings (SSSR count). The van der Waals surface area contributed by atoms with Gasteiger partial charge in [0.15, 0.2) is 0 Å². The number of rotatable bonds is 18. The molecule has 4 aromatic rings. The number of ether oxygens (including phenoxy) is 1. The molecule has 332 valence electrons. The first-order valence-electron chi connectivity index (χ1n) is 22.6. The third kappa shape index (κ3) is 18.9. The number of carbonyl (C=O) groups excluding carboxylic acids is 2. The summed E-state index contributed by atoms with van der Waals surface area (Å²) in [5, 5.41) is 8.56. The molecule has 0 aliphatic carbocycles. The van der Waals surface area contributed by atoms with Gasteiger partial charge in [-0.3, -0.25) is 19.6 Å². The molecule has 10 heteroatoms. The van der Waals surface area contributed by atoms with E-state index in [2.05, 4.69) is 99.7 Å². The van der Waals surface area contributed by atoms with Crippen LogP contribution in [0.2, 0.25) is 0 Å². The first-order valence-corrected chi connectivity index (χ1v) is 22.6. The van der Waals surface area contributed by atoms with E-state index < -0.39 is 0 Å². The molecule has 2 amide bonds. The van der Waals surface area contributed by atoms with Gasteiger partial charge >= 0.3 is 0 Å². The van der Waals surface area contributed by atoms with Gasteiger partial charge in [-0.1, -0.05) is 113 Å². The maximum absolute atomic E-state index is 12.1. The van der Waals surface area contributed by atoms with Crippen molar-refractivity contribution in [2.75, 3.05) is 46.9 Å². The van der Waals surface area contributed by atoms with Crippen LogP contribution in [-0.4, -0.2) is 82.8 Å². The zero-order valence-corrected chi connectivity index (χ0v) is 38.7. The Bertz CT molecular complexity index is 1650. The second-order valence-corrected chi connectivity index (χ2v) is 15.5. The standard InChI is InChI=1S/C19H30N4O.C18H25N3O2.2C4H10.C3H8.2H2/c1-16-14-23(18-9-12-21-13-17(16)18)15-19(24)22-11-8-6-4-3-5-7-10-20-2;1-4-13(2)16-11-21(17-5-7-19-9-15(16)17)14-6-8-20(10-14)18(22)12-23-3;2*1-3-4-2;1-3-2;;/h9,12-14,20H,3-8,10-11,15H2,1-2H3,(H,22,24);5,7,9,11,13-14H,4,6,8,10,12H2,1-3H3;2*3-4H2,1-2H3;3H2,1-2H3;2*1H. The molecule has 0 spiro atoms. The van der Waals surface area contributed by atoms with Gasteiger partial charge in [-0.05, 0) is 75.4 Å². The quantitative estimate of drug-likeness (QED) is 0.0970. The smallest absolute Gasteiger partial charge is 0.248 e. The molecule has 1 fully saturated rings. The Labute approximate surface area is 356 Å². The summed E-state index contributed by atoms with van der Waals surface area (Å²) >= 11 is 0. The average Bonchev–Trinajstić information content (AvgIpc) is 3.97. The van der Waals surface area contributed by atoms with Crippen LogP contribution in [0.3, 0.4) is 0 Å². The minimum absolute atomic E-state index is 0. The predicted octanol–water partition coefficient (Wildman–Crippen LogP) is 11.5. The molecule has 2 unspecified atom stereocenters. The van der Waals surface area contributed by atoms with Crippen LogP contribution in [0.5, 0.6) is 0 Å². The molecular formula is C48H87N7O3. The van der Waals surface area contributed by atoms with E-state index in [1.54, 1.807) is 13.3 Å². The van der Waals surface area contributed by atoms with Gasteiger partial charge in [-0.15, -0.1) is 0 Å². The molecule has 0 aromatic carbocycles. The van der Waals surface area contributed by atoms with Gasteiger partial charge < -0.3 is 29.4 Å². The molecule has 0 radical (unpaired) electrons. The van der Waals surface area contributed by atoms with Gasteiger partial charge in [0.25, 0.3) is 0 Å². The summed E-state index contributed by atoms with van der Waals surface area (Å²) < 4.78 is 9.32. The number of aryl methyl sites for hydroxylation is 1. The SMILES string of the molecule is CCC.CCC(C)c1cn(C2CCN(C(=O)COC)C2)c2ccncc12.CCCC.CCCC.CNCCCCCCCCNC(=O)Cn1cc(C)c2cnccc21.[HH].[HH]. The van der Waals surface area contributed by atoms with Gasteiger partial charge in [0.1, 0.15) is 13.2 Å². The van der Waals surface area contributed by atoms with Crippen LogP contribution in [0.15, 0.2) is 49.3 Å². The summed E-state index contributed by atoms with van der Waals surface area (Å²) in [6.45, 7) is 23.5. The number of likely N-dealkylation sites (tertiary alicyclic amines) is 1. The highest BCUT2D eigenvalue weighted by Gasteiger charge is 2.29. The zero-order valence-electron chi connectivity index (χ0n) is 38.7. The molecule has 1 aliphatic heterocycles. The number of nitrogens with one attached hydrogen (secondary N) is 2. The number of hydrogen-bond acceptors (Lipinski definition) is 6. The van der Waals surface area contributed by atoms with Gasteiger partial charge in [0.05, 0.1) is 17.1 Å². The first kappa shape index (κ1) is 52.3. The van der Waals surface area contributed by atoms with E-state index in [0.717, 1.165) is 61.9 Å². The lowest BCUT2D eigenvalue weighted by atomic mass is 9.99. The van der Waals surface area contributed by atoms with Crippen molar-refractivity contribution in [2.24, 2.45) is 0 Å². The second-order valence-electron chi connectivity index (χ2n) is 15.5. The van der Waals surface area contributed by atoms with Crippen molar-refractivity contribution in [2.45, 2.75) is 164 Å². The molecule has 1 aliphatic rings. The monoisotopic (exact) mass is 810 g/mol. The maximum Gasteiger partial charge on any atom is 0.248 e. The predicted molar refractivity (Wildman–Crippen MR) is 251 cm³/mol. The molecule has 10 nitrogen and oxygen atoms in total. The molecule has 58 heavy (non-hydrogen) atoms. The van der Waals surface area contributed by atoms with Crippen LogP contribution in [0.25, 0.3) is 21.8 Å². The number of fused-ring (bicyclic) bond motifs is 2. The fourth-order valence-corrected chi connectivity index (χ4v) is 6.47. The Morgan fingerprint density at radius 1 is 0.845 bits per heavy atom. The Balaban J connectivity index is 0.